The van der Waals surface area contributed by atoms with Crippen molar-refractivity contribution in [2.24, 2.45) is 0 Å². The van der Waals surface area contributed by atoms with Crippen molar-refractivity contribution in [2.75, 3.05) is 11.5 Å². The molecule has 0 unspecified atom stereocenters. The average Bonchev–Trinajstić information content (AvgIpc) is 2.66. The predicted molar refractivity (Wildman–Crippen MR) is 105 cm³/mol. The Morgan fingerprint density at radius 1 is 1.13 bits per heavy atom. The molecule has 0 aliphatic carbocycles. The maximum Gasteiger partial charge on any atom is 0.417 e. The largest absolute Gasteiger partial charge is 0.439 e. The quantitative estimate of drug-likeness (QED) is 0.560. The first-order chi connectivity index (χ1) is 14.1. The number of halogens is 3. The molecule has 1 fully saturated rings. The van der Waals surface area contributed by atoms with Gasteiger partial charge in [-0.05, 0) is 30.3 Å². The van der Waals surface area contributed by atoms with Gasteiger partial charge in [0, 0.05) is 17.6 Å². The van der Waals surface area contributed by atoms with E-state index in [2.05, 4.69) is 15.3 Å². The summed E-state index contributed by atoms with van der Waals surface area (Å²) in [6.07, 6.45) is -3.77. The number of nitrogens with one attached hydrogen (secondary N) is 1. The van der Waals surface area contributed by atoms with Crippen LogP contribution >= 0.6 is 10.6 Å². The molecular formula is C19H16F3N3O4S. The topological polar surface area (TPSA) is 105 Å². The van der Waals surface area contributed by atoms with Gasteiger partial charge in [0.2, 0.25) is 5.88 Å². The van der Waals surface area contributed by atoms with Gasteiger partial charge in [0.1, 0.15) is 11.4 Å². The molecule has 1 amide bonds. The standard InChI is InChI=1S/C19H16F3N3O4S/c20-19(21,22)12-2-6-17(23-8-12)29-14-3-5-15-11(7-14)1-4-16(25-15)18(26)24-13-9-30(27,28)10-13/h1-8,13,27-28H,9-10H2,(H,24,26). The molecule has 3 heterocycles. The summed E-state index contributed by atoms with van der Waals surface area (Å²) in [6, 6.07) is 9.73. The Hall–Kier alpha value is -2.89. The Morgan fingerprint density at radius 2 is 1.90 bits per heavy atom. The minimum atomic E-state index is -4.47. The van der Waals surface area contributed by atoms with Crippen molar-refractivity contribution in [2.45, 2.75) is 12.2 Å². The number of rotatable bonds is 4. The van der Waals surface area contributed by atoms with Crippen LogP contribution in [0.4, 0.5) is 13.2 Å². The SMILES string of the molecule is O=C(NC1CS(O)(O)C1)c1ccc2cc(Oc3ccc(C(F)(F)F)cn3)ccc2n1. The molecule has 1 aromatic carbocycles. The first kappa shape index (κ1) is 20.4. The number of hydrogen-bond donors (Lipinski definition) is 3. The number of hydrogen-bond acceptors (Lipinski definition) is 6. The fraction of sp³-hybridized carbons (Fsp3) is 0.211. The van der Waals surface area contributed by atoms with E-state index in [0.29, 0.717) is 22.8 Å². The number of benzene rings is 1. The van der Waals surface area contributed by atoms with Crippen LogP contribution in [0.2, 0.25) is 0 Å². The van der Waals surface area contributed by atoms with Crippen LogP contribution in [0.5, 0.6) is 11.6 Å². The molecule has 11 heteroatoms. The van der Waals surface area contributed by atoms with Crippen LogP contribution in [0.1, 0.15) is 16.1 Å². The van der Waals surface area contributed by atoms with E-state index in [1.165, 1.54) is 6.07 Å². The molecule has 0 spiro atoms. The van der Waals surface area contributed by atoms with Crippen LogP contribution in [-0.2, 0) is 6.18 Å². The number of nitrogens with zero attached hydrogens (tertiary/aromatic N) is 2. The summed E-state index contributed by atoms with van der Waals surface area (Å²) in [6.45, 7) is 0. The van der Waals surface area contributed by atoms with Gasteiger partial charge in [-0.25, -0.2) is 9.97 Å². The Labute approximate surface area is 170 Å². The zero-order valence-electron chi connectivity index (χ0n) is 15.3. The monoisotopic (exact) mass is 439 g/mol. The summed E-state index contributed by atoms with van der Waals surface area (Å²) in [4.78, 5) is 20.2. The molecule has 0 bridgehead atoms. The normalized spacial score (nSPS) is 17.2. The van der Waals surface area contributed by atoms with Crippen molar-refractivity contribution in [1.29, 1.82) is 0 Å². The van der Waals surface area contributed by atoms with Gasteiger partial charge < -0.3 is 10.1 Å². The van der Waals surface area contributed by atoms with E-state index in [1.807, 2.05) is 0 Å². The summed E-state index contributed by atoms with van der Waals surface area (Å²) in [5.41, 5.74) is -0.160. The van der Waals surface area contributed by atoms with E-state index in [-0.39, 0.29) is 29.1 Å². The second-order valence-corrected chi connectivity index (χ2v) is 9.11. The highest BCUT2D eigenvalue weighted by molar-refractivity contribution is 8.25. The lowest BCUT2D eigenvalue weighted by Gasteiger charge is -2.47. The maximum atomic E-state index is 12.6. The smallest absolute Gasteiger partial charge is 0.417 e. The third-order valence-electron chi connectivity index (χ3n) is 4.45. The molecular weight excluding hydrogens is 423 g/mol. The number of amides is 1. The molecule has 3 N–H and O–H groups in total. The van der Waals surface area contributed by atoms with E-state index in [1.54, 1.807) is 24.3 Å². The number of ether oxygens (including phenoxy) is 1. The first-order valence-electron chi connectivity index (χ1n) is 8.75. The predicted octanol–water partition coefficient (Wildman–Crippen LogP) is 4.30. The molecule has 0 saturated carbocycles. The van der Waals surface area contributed by atoms with Gasteiger partial charge in [0.05, 0.1) is 28.6 Å². The van der Waals surface area contributed by atoms with Crippen LogP contribution in [0.25, 0.3) is 10.9 Å². The summed E-state index contributed by atoms with van der Waals surface area (Å²) >= 11 is 0. The van der Waals surface area contributed by atoms with Crippen LogP contribution in [-0.4, -0.2) is 42.5 Å². The minimum absolute atomic E-state index is 0.0118. The molecule has 1 saturated heterocycles. The molecule has 0 radical (unpaired) electrons. The second-order valence-electron chi connectivity index (χ2n) is 6.84. The van der Waals surface area contributed by atoms with Crippen molar-refractivity contribution < 1.29 is 31.8 Å². The van der Waals surface area contributed by atoms with Crippen molar-refractivity contribution in [3.63, 3.8) is 0 Å². The molecule has 0 atom stereocenters. The molecule has 1 aliphatic rings. The molecule has 158 valence electrons. The summed E-state index contributed by atoms with van der Waals surface area (Å²) in [5.74, 6) is 0.244. The Kier molecular flexibility index (Phi) is 5.04. The number of aromatic nitrogens is 2. The fourth-order valence-corrected chi connectivity index (χ4v) is 4.32. The van der Waals surface area contributed by atoms with Crippen molar-refractivity contribution in [3.05, 3.63) is 59.9 Å². The third kappa shape index (κ3) is 4.48. The lowest BCUT2D eigenvalue weighted by Crippen LogP contribution is -2.50. The number of alkyl halides is 3. The van der Waals surface area contributed by atoms with E-state index in [9.17, 15) is 27.1 Å². The Morgan fingerprint density at radius 3 is 2.53 bits per heavy atom. The van der Waals surface area contributed by atoms with Gasteiger partial charge in [0.15, 0.2) is 0 Å². The second kappa shape index (κ2) is 7.42. The van der Waals surface area contributed by atoms with E-state index in [4.69, 9.17) is 4.74 Å². The van der Waals surface area contributed by atoms with Gasteiger partial charge in [-0.15, -0.1) is 0 Å². The summed E-state index contributed by atoms with van der Waals surface area (Å²) in [7, 11) is -2.54. The number of carbonyl (C=O) groups excluding carboxylic acids is 1. The van der Waals surface area contributed by atoms with Crippen LogP contribution in [0.3, 0.4) is 0 Å². The summed E-state index contributed by atoms with van der Waals surface area (Å²) in [5, 5.41) is 3.36. The van der Waals surface area contributed by atoms with E-state index < -0.39 is 28.2 Å². The fourth-order valence-electron chi connectivity index (χ4n) is 2.96. The molecule has 7 nitrogen and oxygen atoms in total. The van der Waals surface area contributed by atoms with Crippen LogP contribution in [0, 0.1) is 0 Å². The lowest BCUT2D eigenvalue weighted by molar-refractivity contribution is -0.137. The van der Waals surface area contributed by atoms with E-state index in [0.717, 1.165) is 12.1 Å². The molecule has 3 aromatic rings. The number of fused-ring (bicyclic) bond motifs is 1. The van der Waals surface area contributed by atoms with Gasteiger partial charge in [0.25, 0.3) is 5.91 Å². The first-order valence-corrected chi connectivity index (χ1v) is 10.6. The van der Waals surface area contributed by atoms with Gasteiger partial charge in [-0.2, -0.15) is 23.8 Å². The molecule has 4 rings (SSSR count). The Bertz CT molecular complexity index is 1100. The highest BCUT2D eigenvalue weighted by Gasteiger charge is 2.35. The summed E-state index contributed by atoms with van der Waals surface area (Å²) < 4.78 is 62.1. The zero-order chi connectivity index (χ0) is 21.5. The van der Waals surface area contributed by atoms with Gasteiger partial charge >= 0.3 is 6.18 Å². The van der Waals surface area contributed by atoms with Crippen molar-refractivity contribution in [3.8, 4) is 11.6 Å². The van der Waals surface area contributed by atoms with Crippen LogP contribution in [0.15, 0.2) is 48.7 Å². The van der Waals surface area contributed by atoms with Gasteiger partial charge in [-0.1, -0.05) is 6.07 Å². The lowest BCUT2D eigenvalue weighted by atomic mass is 10.2. The third-order valence-corrected chi connectivity index (χ3v) is 6.32. The number of pyridine rings is 2. The van der Waals surface area contributed by atoms with Crippen molar-refractivity contribution >= 4 is 27.4 Å². The van der Waals surface area contributed by atoms with Gasteiger partial charge in [-0.3, -0.25) is 13.9 Å². The maximum absolute atomic E-state index is 12.6. The minimum Gasteiger partial charge on any atom is -0.439 e. The highest BCUT2D eigenvalue weighted by atomic mass is 32.3. The Balaban J connectivity index is 1.46. The molecule has 1 aliphatic heterocycles. The van der Waals surface area contributed by atoms with Crippen LogP contribution < -0.4 is 10.1 Å². The zero-order valence-corrected chi connectivity index (χ0v) is 16.1. The number of carbonyl (C=O) groups is 1. The van der Waals surface area contributed by atoms with Crippen molar-refractivity contribution in [1.82, 2.24) is 15.3 Å². The molecule has 30 heavy (non-hydrogen) atoms. The highest BCUT2D eigenvalue weighted by Crippen LogP contribution is 2.48. The average molecular weight is 439 g/mol. The molecule has 2 aromatic heterocycles. The van der Waals surface area contributed by atoms with E-state index >= 15 is 0 Å².